The molecule has 1 saturated heterocycles. The molecule has 1 aliphatic rings. The summed E-state index contributed by atoms with van der Waals surface area (Å²) in [6.07, 6.45) is 6.41. The van der Waals surface area contributed by atoms with Gasteiger partial charge in [0.25, 0.3) is 5.56 Å². The Bertz CT molecular complexity index is 697. The third-order valence-electron chi connectivity index (χ3n) is 4.33. The lowest BCUT2D eigenvalue weighted by Crippen LogP contribution is -2.48. The van der Waals surface area contributed by atoms with E-state index in [0.29, 0.717) is 11.7 Å². The molecule has 3 rings (SSSR count). The van der Waals surface area contributed by atoms with Gasteiger partial charge in [-0.2, -0.15) is 5.10 Å². The van der Waals surface area contributed by atoms with Gasteiger partial charge in [-0.05, 0) is 18.1 Å². The van der Waals surface area contributed by atoms with Crippen molar-refractivity contribution >= 4 is 17.3 Å². The van der Waals surface area contributed by atoms with Crippen LogP contribution in [-0.4, -0.2) is 46.3 Å². The van der Waals surface area contributed by atoms with Crippen molar-refractivity contribution in [3.05, 3.63) is 51.7 Å². The molecule has 0 aromatic carbocycles. The molecule has 1 aliphatic heterocycles. The summed E-state index contributed by atoms with van der Waals surface area (Å²) < 4.78 is 0. The fraction of sp³-hybridized carbons (Fsp3) is 0.438. The Hall–Kier alpha value is -1.92. The van der Waals surface area contributed by atoms with Crippen LogP contribution in [0.1, 0.15) is 24.9 Å². The van der Waals surface area contributed by atoms with Crippen LogP contribution in [0.3, 0.4) is 0 Å². The molecule has 3 heterocycles. The van der Waals surface area contributed by atoms with Crippen LogP contribution >= 0.6 is 11.6 Å². The molecule has 1 unspecified atom stereocenters. The number of nitrogens with zero attached hydrogens (tertiary/aromatic N) is 4. The van der Waals surface area contributed by atoms with Crippen LogP contribution in [0.25, 0.3) is 0 Å². The van der Waals surface area contributed by atoms with Crippen LogP contribution in [0, 0.1) is 0 Å². The molecule has 0 spiro atoms. The molecule has 1 N–H and O–H groups in total. The molecule has 0 aliphatic carbocycles. The molecule has 2 aromatic heterocycles. The molecule has 23 heavy (non-hydrogen) atoms. The van der Waals surface area contributed by atoms with E-state index in [1.54, 1.807) is 12.4 Å². The van der Waals surface area contributed by atoms with E-state index in [1.807, 2.05) is 12.3 Å². The smallest absolute Gasteiger partial charge is 0.285 e. The van der Waals surface area contributed by atoms with Crippen LogP contribution in [0.5, 0.6) is 0 Å². The molecule has 0 bridgehead atoms. The second kappa shape index (κ2) is 7.10. The maximum absolute atomic E-state index is 11.6. The number of H-pyrrole nitrogens is 1. The predicted molar refractivity (Wildman–Crippen MR) is 90.9 cm³/mol. The number of aromatic amines is 1. The average Bonchev–Trinajstić information content (AvgIpc) is 2.60. The number of piperazine rings is 1. The van der Waals surface area contributed by atoms with Gasteiger partial charge in [-0.25, -0.2) is 5.10 Å². The molecular formula is C16H20ClN5O. The number of anilines is 1. The average molecular weight is 334 g/mol. The van der Waals surface area contributed by atoms with Crippen LogP contribution in [0.4, 0.5) is 5.69 Å². The first-order chi connectivity index (χ1) is 11.2. The molecule has 0 amide bonds. The Kier molecular flexibility index (Phi) is 4.93. The van der Waals surface area contributed by atoms with Crippen molar-refractivity contribution in [1.82, 2.24) is 20.1 Å². The lowest BCUT2D eigenvalue weighted by molar-refractivity contribution is 0.181. The van der Waals surface area contributed by atoms with Crippen LogP contribution < -0.4 is 10.5 Å². The van der Waals surface area contributed by atoms with Crippen molar-refractivity contribution in [2.75, 3.05) is 31.1 Å². The summed E-state index contributed by atoms with van der Waals surface area (Å²) in [5.41, 5.74) is 1.62. The fourth-order valence-electron chi connectivity index (χ4n) is 3.15. The van der Waals surface area contributed by atoms with Gasteiger partial charge in [0.05, 0.1) is 11.9 Å². The molecule has 6 nitrogen and oxygen atoms in total. The van der Waals surface area contributed by atoms with Gasteiger partial charge >= 0.3 is 0 Å². The van der Waals surface area contributed by atoms with E-state index in [-0.39, 0.29) is 10.6 Å². The summed E-state index contributed by atoms with van der Waals surface area (Å²) >= 11 is 6.10. The second-order valence-corrected chi connectivity index (χ2v) is 6.01. The van der Waals surface area contributed by atoms with E-state index in [4.69, 9.17) is 11.6 Å². The monoisotopic (exact) mass is 333 g/mol. The van der Waals surface area contributed by atoms with Gasteiger partial charge in [0.15, 0.2) is 0 Å². The molecule has 1 fully saturated rings. The lowest BCUT2D eigenvalue weighted by atomic mass is 10.0. The van der Waals surface area contributed by atoms with E-state index in [0.717, 1.165) is 32.6 Å². The van der Waals surface area contributed by atoms with Crippen molar-refractivity contribution in [3.8, 4) is 0 Å². The van der Waals surface area contributed by atoms with Gasteiger partial charge in [-0.1, -0.05) is 24.6 Å². The maximum Gasteiger partial charge on any atom is 0.285 e. The molecule has 0 saturated carbocycles. The maximum atomic E-state index is 11.6. The highest BCUT2D eigenvalue weighted by Gasteiger charge is 2.25. The first-order valence-corrected chi connectivity index (χ1v) is 8.20. The first-order valence-electron chi connectivity index (χ1n) is 7.82. The standard InChI is InChI=1S/C16H20ClN5O/c1-2-13(12-4-3-5-18-10-12)21-6-8-22(9-7-21)14-11-19-20-16(23)15(14)17/h3-5,10-11,13H,2,6-9H2,1H3,(H,20,23). The fourth-order valence-corrected chi connectivity index (χ4v) is 3.36. The van der Waals surface area contributed by atoms with E-state index >= 15 is 0 Å². The highest BCUT2D eigenvalue weighted by Crippen LogP contribution is 2.27. The van der Waals surface area contributed by atoms with Gasteiger partial charge in [0.2, 0.25) is 0 Å². The molecule has 7 heteroatoms. The minimum Gasteiger partial charge on any atom is -0.366 e. The highest BCUT2D eigenvalue weighted by molar-refractivity contribution is 6.32. The summed E-state index contributed by atoms with van der Waals surface area (Å²) in [5, 5.41) is 6.42. The van der Waals surface area contributed by atoms with E-state index in [2.05, 4.69) is 38.0 Å². The SMILES string of the molecule is CCC(c1cccnc1)N1CCN(c2cn[nH]c(=O)c2Cl)CC1. The van der Waals surface area contributed by atoms with Crippen molar-refractivity contribution < 1.29 is 0 Å². The van der Waals surface area contributed by atoms with E-state index in [9.17, 15) is 4.79 Å². The van der Waals surface area contributed by atoms with Gasteiger partial charge in [0, 0.05) is 44.6 Å². The predicted octanol–water partition coefficient (Wildman–Crippen LogP) is 2.09. The van der Waals surface area contributed by atoms with Crippen LogP contribution in [0.2, 0.25) is 5.02 Å². The number of rotatable bonds is 4. The summed E-state index contributed by atoms with van der Waals surface area (Å²) in [6, 6.07) is 4.49. The van der Waals surface area contributed by atoms with Crippen molar-refractivity contribution in [3.63, 3.8) is 0 Å². The third kappa shape index (κ3) is 3.38. The number of halogens is 1. The van der Waals surface area contributed by atoms with Crippen LogP contribution in [-0.2, 0) is 0 Å². The zero-order valence-electron chi connectivity index (χ0n) is 13.1. The summed E-state index contributed by atoms with van der Waals surface area (Å²) in [6.45, 7) is 5.66. The zero-order valence-corrected chi connectivity index (χ0v) is 13.8. The van der Waals surface area contributed by atoms with E-state index in [1.165, 1.54) is 5.56 Å². The van der Waals surface area contributed by atoms with Crippen molar-refractivity contribution in [2.24, 2.45) is 0 Å². The number of nitrogens with one attached hydrogen (secondary N) is 1. The Morgan fingerprint density at radius 3 is 2.74 bits per heavy atom. The Morgan fingerprint density at radius 2 is 2.09 bits per heavy atom. The first kappa shape index (κ1) is 16.0. The van der Waals surface area contributed by atoms with Gasteiger partial charge in [-0.3, -0.25) is 14.7 Å². The minimum absolute atomic E-state index is 0.216. The number of hydrogen-bond acceptors (Lipinski definition) is 5. The van der Waals surface area contributed by atoms with Gasteiger partial charge < -0.3 is 4.90 Å². The minimum atomic E-state index is -0.339. The molecule has 122 valence electrons. The Balaban J connectivity index is 1.70. The van der Waals surface area contributed by atoms with Gasteiger partial charge in [0.1, 0.15) is 5.02 Å². The highest BCUT2D eigenvalue weighted by atomic mass is 35.5. The quantitative estimate of drug-likeness (QED) is 0.928. The molecule has 2 aromatic rings. The summed E-state index contributed by atoms with van der Waals surface area (Å²) in [7, 11) is 0. The van der Waals surface area contributed by atoms with Crippen molar-refractivity contribution in [2.45, 2.75) is 19.4 Å². The molecular weight excluding hydrogens is 314 g/mol. The second-order valence-electron chi connectivity index (χ2n) is 5.63. The largest absolute Gasteiger partial charge is 0.366 e. The van der Waals surface area contributed by atoms with Crippen LogP contribution in [0.15, 0.2) is 35.5 Å². The summed E-state index contributed by atoms with van der Waals surface area (Å²) in [5.74, 6) is 0. The van der Waals surface area contributed by atoms with E-state index < -0.39 is 0 Å². The Morgan fingerprint density at radius 1 is 1.30 bits per heavy atom. The number of hydrogen-bond donors (Lipinski definition) is 1. The zero-order chi connectivity index (χ0) is 16.2. The Labute approximate surface area is 140 Å². The topological polar surface area (TPSA) is 65.1 Å². The number of pyridine rings is 1. The number of aromatic nitrogens is 3. The molecule has 0 radical (unpaired) electrons. The molecule has 1 atom stereocenters. The lowest BCUT2D eigenvalue weighted by Gasteiger charge is -2.40. The normalized spacial score (nSPS) is 17.2. The third-order valence-corrected chi connectivity index (χ3v) is 4.69. The van der Waals surface area contributed by atoms with Gasteiger partial charge in [-0.15, -0.1) is 0 Å². The summed E-state index contributed by atoms with van der Waals surface area (Å²) in [4.78, 5) is 20.4. The van der Waals surface area contributed by atoms with Crippen molar-refractivity contribution in [1.29, 1.82) is 0 Å².